The molecule has 0 atom stereocenters. The van der Waals surface area contributed by atoms with Gasteiger partial charge in [0.25, 0.3) is 0 Å². The number of aromatic nitrogens is 3. The molecule has 0 aliphatic carbocycles. The lowest BCUT2D eigenvalue weighted by molar-refractivity contribution is -0.116. The first-order chi connectivity index (χ1) is 15.1. The number of nitrogens with zero attached hydrogens (tertiary/aromatic N) is 4. The third-order valence-corrected chi connectivity index (χ3v) is 5.46. The van der Waals surface area contributed by atoms with Crippen molar-refractivity contribution < 1.29 is 9.59 Å². The Morgan fingerprint density at radius 1 is 1.00 bits per heavy atom. The molecule has 1 saturated heterocycles. The average molecular weight is 442 g/mol. The molecule has 1 fully saturated rings. The molecule has 4 rings (SSSR count). The zero-order chi connectivity index (χ0) is 21.6. The molecule has 31 heavy (non-hydrogen) atoms. The second kappa shape index (κ2) is 9.76. The van der Waals surface area contributed by atoms with Gasteiger partial charge in [0.05, 0.1) is 0 Å². The van der Waals surface area contributed by atoms with E-state index in [-0.39, 0.29) is 24.9 Å². The first-order valence-corrected chi connectivity index (χ1v) is 10.5. The number of H-pyrrole nitrogens is 1. The first kappa shape index (κ1) is 21.1. The Bertz CT molecular complexity index is 1050. The summed E-state index contributed by atoms with van der Waals surface area (Å²) >= 11 is 5.93. The van der Waals surface area contributed by atoms with Crippen molar-refractivity contribution in [1.82, 2.24) is 30.5 Å². The molecule has 2 heterocycles. The standard InChI is InChI=1S/C21H24ClN7O2/c22-16-3-1-15(2-4-16)14-28-9-11-29(12-10-28)21(31)23-8-7-20(30)24-17-5-6-18-19(13-17)26-27-25-18/h1-6,13H,7-12,14H2,(H,23,31)(H,24,30)(H,25,26,27). The highest BCUT2D eigenvalue weighted by Crippen LogP contribution is 2.15. The number of hydrogen-bond donors (Lipinski definition) is 3. The molecule has 3 aromatic rings. The van der Waals surface area contributed by atoms with Gasteiger partial charge >= 0.3 is 6.03 Å². The van der Waals surface area contributed by atoms with Gasteiger partial charge in [0.15, 0.2) is 0 Å². The SMILES string of the molecule is O=C(CCNC(=O)N1CCN(Cc2ccc(Cl)cc2)CC1)Nc1ccc2n[nH]nc2c1. The molecule has 3 amide bonds. The van der Waals surface area contributed by atoms with Crippen molar-refractivity contribution in [3.05, 3.63) is 53.1 Å². The summed E-state index contributed by atoms with van der Waals surface area (Å²) in [6.45, 7) is 4.05. The second-order valence-corrected chi connectivity index (χ2v) is 7.88. The number of hydrogen-bond acceptors (Lipinski definition) is 5. The minimum absolute atomic E-state index is 0.136. The molecule has 9 nitrogen and oxygen atoms in total. The molecule has 0 spiro atoms. The number of benzene rings is 2. The maximum Gasteiger partial charge on any atom is 0.317 e. The van der Waals surface area contributed by atoms with E-state index >= 15 is 0 Å². The van der Waals surface area contributed by atoms with E-state index in [1.807, 2.05) is 24.3 Å². The maximum absolute atomic E-state index is 12.4. The predicted molar refractivity (Wildman–Crippen MR) is 119 cm³/mol. The summed E-state index contributed by atoms with van der Waals surface area (Å²) in [6, 6.07) is 13.0. The van der Waals surface area contributed by atoms with Crippen LogP contribution in [0.2, 0.25) is 5.02 Å². The zero-order valence-corrected chi connectivity index (χ0v) is 17.7. The van der Waals surface area contributed by atoms with Crippen LogP contribution in [0.25, 0.3) is 11.0 Å². The van der Waals surface area contributed by atoms with Gasteiger partial charge < -0.3 is 15.5 Å². The van der Waals surface area contributed by atoms with Crippen molar-refractivity contribution in [2.24, 2.45) is 0 Å². The highest BCUT2D eigenvalue weighted by atomic mass is 35.5. The smallest absolute Gasteiger partial charge is 0.317 e. The third-order valence-electron chi connectivity index (χ3n) is 5.21. The summed E-state index contributed by atoms with van der Waals surface area (Å²) in [5, 5.41) is 16.9. The molecular weight excluding hydrogens is 418 g/mol. The summed E-state index contributed by atoms with van der Waals surface area (Å²) in [6.07, 6.45) is 0.194. The van der Waals surface area contributed by atoms with Crippen LogP contribution in [0.5, 0.6) is 0 Å². The van der Waals surface area contributed by atoms with Crippen LogP contribution in [0.3, 0.4) is 0 Å². The number of carbonyl (C=O) groups excluding carboxylic acids is 2. The Hall–Kier alpha value is -3.17. The molecular formula is C21H24ClN7O2. The molecule has 1 aliphatic rings. The average Bonchev–Trinajstić information content (AvgIpc) is 3.24. The highest BCUT2D eigenvalue weighted by molar-refractivity contribution is 6.30. The van der Waals surface area contributed by atoms with Crippen LogP contribution in [0.1, 0.15) is 12.0 Å². The molecule has 2 aromatic carbocycles. The molecule has 1 aromatic heterocycles. The molecule has 0 bridgehead atoms. The summed E-state index contributed by atoms with van der Waals surface area (Å²) in [4.78, 5) is 28.6. The summed E-state index contributed by atoms with van der Waals surface area (Å²) < 4.78 is 0. The maximum atomic E-state index is 12.4. The lowest BCUT2D eigenvalue weighted by atomic mass is 10.2. The quantitative estimate of drug-likeness (QED) is 0.544. The van der Waals surface area contributed by atoms with Gasteiger partial charge in [-0.05, 0) is 35.9 Å². The van der Waals surface area contributed by atoms with Crippen molar-refractivity contribution >= 4 is 40.3 Å². The van der Waals surface area contributed by atoms with E-state index in [1.54, 1.807) is 23.1 Å². The number of carbonyl (C=O) groups is 2. The Morgan fingerprint density at radius 3 is 2.52 bits per heavy atom. The topological polar surface area (TPSA) is 106 Å². The largest absolute Gasteiger partial charge is 0.337 e. The molecule has 0 unspecified atom stereocenters. The number of piperazine rings is 1. The first-order valence-electron chi connectivity index (χ1n) is 10.2. The van der Waals surface area contributed by atoms with Crippen molar-refractivity contribution in [2.45, 2.75) is 13.0 Å². The molecule has 3 N–H and O–H groups in total. The predicted octanol–water partition coefficient (Wildman–Crippen LogP) is 2.47. The van der Waals surface area contributed by atoms with Gasteiger partial charge in [0.2, 0.25) is 5.91 Å². The van der Waals surface area contributed by atoms with Gasteiger partial charge in [-0.1, -0.05) is 23.7 Å². The minimum Gasteiger partial charge on any atom is -0.337 e. The number of aromatic amines is 1. The van der Waals surface area contributed by atoms with Crippen molar-refractivity contribution in [3.63, 3.8) is 0 Å². The fraction of sp³-hybridized carbons (Fsp3) is 0.333. The van der Waals surface area contributed by atoms with E-state index in [4.69, 9.17) is 11.6 Å². The van der Waals surface area contributed by atoms with Gasteiger partial charge in [0.1, 0.15) is 11.0 Å². The Balaban J connectivity index is 1.15. The van der Waals surface area contributed by atoms with Gasteiger partial charge in [0, 0.05) is 56.4 Å². The van der Waals surface area contributed by atoms with E-state index in [0.29, 0.717) is 24.3 Å². The van der Waals surface area contributed by atoms with E-state index in [9.17, 15) is 9.59 Å². The third kappa shape index (κ3) is 5.71. The van der Waals surface area contributed by atoms with Crippen LogP contribution in [0.15, 0.2) is 42.5 Å². The van der Waals surface area contributed by atoms with Crippen LogP contribution in [0, 0.1) is 0 Å². The van der Waals surface area contributed by atoms with Crippen molar-refractivity contribution in [2.75, 3.05) is 38.0 Å². The monoisotopic (exact) mass is 441 g/mol. The van der Waals surface area contributed by atoms with Crippen LogP contribution in [0.4, 0.5) is 10.5 Å². The van der Waals surface area contributed by atoms with E-state index in [0.717, 1.165) is 30.2 Å². The van der Waals surface area contributed by atoms with E-state index < -0.39 is 0 Å². The van der Waals surface area contributed by atoms with Crippen LogP contribution < -0.4 is 10.6 Å². The molecule has 162 valence electrons. The fourth-order valence-electron chi connectivity index (χ4n) is 3.49. The number of urea groups is 1. The Morgan fingerprint density at radius 2 is 1.74 bits per heavy atom. The van der Waals surface area contributed by atoms with Gasteiger partial charge in [-0.3, -0.25) is 9.69 Å². The van der Waals surface area contributed by atoms with Crippen LogP contribution in [-0.4, -0.2) is 69.9 Å². The lowest BCUT2D eigenvalue weighted by Crippen LogP contribution is -2.51. The van der Waals surface area contributed by atoms with Gasteiger partial charge in [-0.15, -0.1) is 0 Å². The molecule has 0 radical (unpaired) electrons. The molecule has 1 aliphatic heterocycles. The van der Waals surface area contributed by atoms with Crippen molar-refractivity contribution in [3.8, 4) is 0 Å². The normalized spacial score (nSPS) is 14.5. The number of rotatable bonds is 6. The fourth-order valence-corrected chi connectivity index (χ4v) is 3.62. The second-order valence-electron chi connectivity index (χ2n) is 7.45. The van der Waals surface area contributed by atoms with Crippen LogP contribution >= 0.6 is 11.6 Å². The molecule has 0 saturated carbocycles. The van der Waals surface area contributed by atoms with Crippen LogP contribution in [-0.2, 0) is 11.3 Å². The number of amides is 3. The summed E-state index contributed by atoms with van der Waals surface area (Å²) in [7, 11) is 0. The van der Waals surface area contributed by atoms with Crippen molar-refractivity contribution in [1.29, 1.82) is 0 Å². The summed E-state index contributed by atoms with van der Waals surface area (Å²) in [5.74, 6) is -0.170. The molecule has 10 heteroatoms. The minimum atomic E-state index is -0.170. The van der Waals surface area contributed by atoms with E-state index in [1.165, 1.54) is 5.56 Å². The number of anilines is 1. The summed E-state index contributed by atoms with van der Waals surface area (Å²) in [5.41, 5.74) is 3.27. The van der Waals surface area contributed by atoms with Gasteiger partial charge in [-0.25, -0.2) is 4.79 Å². The van der Waals surface area contributed by atoms with Gasteiger partial charge in [-0.2, -0.15) is 15.4 Å². The van der Waals surface area contributed by atoms with E-state index in [2.05, 4.69) is 30.9 Å². The number of halogens is 1. The number of fused-ring (bicyclic) bond motifs is 1. The zero-order valence-electron chi connectivity index (χ0n) is 17.0. The Labute approximate surface area is 184 Å². The highest BCUT2D eigenvalue weighted by Gasteiger charge is 2.21. The number of nitrogens with one attached hydrogen (secondary N) is 3. The Kier molecular flexibility index (Phi) is 6.63. The lowest BCUT2D eigenvalue weighted by Gasteiger charge is -2.34.